The number of allylic oxidation sites excluding steroid dienone is 1. The highest BCUT2D eigenvalue weighted by molar-refractivity contribution is 5.88. The van der Waals surface area contributed by atoms with E-state index in [-0.39, 0.29) is 0 Å². The van der Waals surface area contributed by atoms with Crippen LogP contribution in [-0.2, 0) is 6.42 Å². The molecule has 0 saturated heterocycles. The van der Waals surface area contributed by atoms with E-state index in [1.54, 1.807) is 0 Å². The van der Waals surface area contributed by atoms with Gasteiger partial charge in [0.2, 0.25) is 0 Å². The zero-order valence-corrected chi connectivity index (χ0v) is 9.46. The second kappa shape index (κ2) is 3.67. The predicted octanol–water partition coefficient (Wildman–Crippen LogP) is 3.35. The fraction of sp³-hybridized carbons (Fsp3) is 0.200. The van der Waals surface area contributed by atoms with E-state index in [4.69, 9.17) is 0 Å². The normalized spacial score (nSPS) is 14.4. The van der Waals surface area contributed by atoms with Crippen LogP contribution in [0.4, 0.5) is 0 Å². The second-order valence-corrected chi connectivity index (χ2v) is 4.26. The van der Waals surface area contributed by atoms with E-state index in [1.165, 1.54) is 27.6 Å². The summed E-state index contributed by atoms with van der Waals surface area (Å²) in [5, 5.41) is 5.96. The molecule has 16 heavy (non-hydrogen) atoms. The number of rotatable bonds is 1. The number of aryl methyl sites for hydroxylation is 1. The molecule has 0 spiro atoms. The van der Waals surface area contributed by atoms with Crippen molar-refractivity contribution in [1.29, 1.82) is 0 Å². The van der Waals surface area contributed by atoms with Crippen LogP contribution in [0.5, 0.6) is 0 Å². The molecule has 0 radical (unpaired) electrons. The highest BCUT2D eigenvalue weighted by Crippen LogP contribution is 2.28. The van der Waals surface area contributed by atoms with Crippen LogP contribution in [0, 0.1) is 0 Å². The maximum atomic E-state index is 3.29. The van der Waals surface area contributed by atoms with Crippen molar-refractivity contribution in [2.24, 2.45) is 0 Å². The van der Waals surface area contributed by atoms with Crippen molar-refractivity contribution in [2.45, 2.75) is 12.8 Å². The summed E-state index contributed by atoms with van der Waals surface area (Å²) in [6, 6.07) is 13.2. The van der Waals surface area contributed by atoms with E-state index in [0.29, 0.717) is 0 Å². The molecule has 2 aromatic rings. The molecule has 0 heterocycles. The Morgan fingerprint density at radius 2 is 1.81 bits per heavy atom. The van der Waals surface area contributed by atoms with Crippen LogP contribution in [-0.4, -0.2) is 7.05 Å². The Balaban J connectivity index is 2.27. The Morgan fingerprint density at radius 3 is 2.56 bits per heavy atom. The van der Waals surface area contributed by atoms with Crippen LogP contribution in [0.1, 0.15) is 17.5 Å². The summed E-state index contributed by atoms with van der Waals surface area (Å²) in [6.45, 7) is 0. The Labute approximate surface area is 95.8 Å². The van der Waals surface area contributed by atoms with E-state index in [0.717, 1.165) is 12.8 Å². The Hall–Kier alpha value is -1.76. The average Bonchev–Trinajstić information content (AvgIpc) is 2.35. The number of nitrogens with one attached hydrogen (secondary N) is 1. The summed E-state index contributed by atoms with van der Waals surface area (Å²) >= 11 is 0. The first-order chi connectivity index (χ1) is 7.88. The molecule has 3 rings (SSSR count). The average molecular weight is 209 g/mol. The van der Waals surface area contributed by atoms with Crippen LogP contribution in [0.2, 0.25) is 0 Å². The minimum atomic E-state index is 1.14. The van der Waals surface area contributed by atoms with Gasteiger partial charge in [-0.3, -0.25) is 0 Å². The lowest BCUT2D eigenvalue weighted by Gasteiger charge is -2.18. The molecule has 0 bridgehead atoms. The van der Waals surface area contributed by atoms with E-state index in [2.05, 4.69) is 47.8 Å². The van der Waals surface area contributed by atoms with Crippen LogP contribution in [0.15, 0.2) is 42.5 Å². The summed E-state index contributed by atoms with van der Waals surface area (Å²) in [5.74, 6) is 0. The highest BCUT2D eigenvalue weighted by Gasteiger charge is 2.11. The minimum absolute atomic E-state index is 1.14. The molecule has 1 heteroatoms. The van der Waals surface area contributed by atoms with E-state index < -0.39 is 0 Å². The standard InChI is InChI=1S/C15H15N/c1-16-15-8-4-7-13-9-11-5-2-3-6-12(11)10-14(13)15/h2-3,5-6,8-10,16H,4,7H2,1H3. The SMILES string of the molecule is CNC1=CCCc2cc3ccccc3cc21. The fourth-order valence-electron chi connectivity index (χ4n) is 2.46. The minimum Gasteiger partial charge on any atom is -0.388 e. The topological polar surface area (TPSA) is 12.0 Å². The van der Waals surface area contributed by atoms with Gasteiger partial charge in [-0.05, 0) is 35.2 Å². The molecule has 1 nitrogen and oxygen atoms in total. The molecular formula is C15H15N. The Bertz CT molecular complexity index is 567. The van der Waals surface area contributed by atoms with Gasteiger partial charge in [-0.15, -0.1) is 0 Å². The van der Waals surface area contributed by atoms with Gasteiger partial charge in [-0.2, -0.15) is 0 Å². The van der Waals surface area contributed by atoms with Crippen molar-refractivity contribution < 1.29 is 0 Å². The molecule has 0 saturated carbocycles. The number of hydrogen-bond donors (Lipinski definition) is 1. The quantitative estimate of drug-likeness (QED) is 0.759. The highest BCUT2D eigenvalue weighted by atomic mass is 14.8. The van der Waals surface area contributed by atoms with Crippen LogP contribution >= 0.6 is 0 Å². The molecule has 1 aliphatic rings. The first kappa shape index (κ1) is 9.46. The molecule has 2 aromatic carbocycles. The van der Waals surface area contributed by atoms with E-state index in [9.17, 15) is 0 Å². The van der Waals surface area contributed by atoms with Gasteiger partial charge in [0.05, 0.1) is 0 Å². The first-order valence-electron chi connectivity index (χ1n) is 5.78. The number of hydrogen-bond acceptors (Lipinski definition) is 1. The first-order valence-corrected chi connectivity index (χ1v) is 5.78. The Morgan fingerprint density at radius 1 is 1.06 bits per heavy atom. The van der Waals surface area contributed by atoms with Crippen molar-refractivity contribution in [3.05, 3.63) is 53.6 Å². The summed E-state index contributed by atoms with van der Waals surface area (Å²) in [6.07, 6.45) is 4.59. The summed E-state index contributed by atoms with van der Waals surface area (Å²) in [4.78, 5) is 0. The molecule has 1 N–H and O–H groups in total. The third-order valence-electron chi connectivity index (χ3n) is 3.29. The maximum Gasteiger partial charge on any atom is 0.0373 e. The molecule has 0 aromatic heterocycles. The zero-order valence-electron chi connectivity index (χ0n) is 9.46. The van der Waals surface area contributed by atoms with Crippen molar-refractivity contribution >= 4 is 16.5 Å². The molecule has 0 aliphatic heterocycles. The third-order valence-corrected chi connectivity index (χ3v) is 3.29. The van der Waals surface area contributed by atoms with Crippen molar-refractivity contribution in [2.75, 3.05) is 7.05 Å². The number of benzene rings is 2. The lowest BCUT2D eigenvalue weighted by atomic mass is 9.91. The third kappa shape index (κ3) is 1.40. The molecule has 1 aliphatic carbocycles. The summed E-state index contributed by atoms with van der Waals surface area (Å²) in [7, 11) is 2.00. The maximum absolute atomic E-state index is 3.29. The number of fused-ring (bicyclic) bond motifs is 2. The smallest absolute Gasteiger partial charge is 0.0373 e. The van der Waals surface area contributed by atoms with E-state index >= 15 is 0 Å². The van der Waals surface area contributed by atoms with Gasteiger partial charge in [0, 0.05) is 18.3 Å². The van der Waals surface area contributed by atoms with Gasteiger partial charge in [-0.1, -0.05) is 36.4 Å². The van der Waals surface area contributed by atoms with Gasteiger partial charge in [0.25, 0.3) is 0 Å². The molecule has 80 valence electrons. The molecule has 0 unspecified atom stereocenters. The second-order valence-electron chi connectivity index (χ2n) is 4.26. The van der Waals surface area contributed by atoms with E-state index in [1.807, 2.05) is 7.05 Å². The molecule has 0 fully saturated rings. The van der Waals surface area contributed by atoms with Gasteiger partial charge in [-0.25, -0.2) is 0 Å². The van der Waals surface area contributed by atoms with Crippen molar-refractivity contribution in [1.82, 2.24) is 5.32 Å². The monoisotopic (exact) mass is 209 g/mol. The Kier molecular flexibility index (Phi) is 2.17. The lowest BCUT2D eigenvalue weighted by molar-refractivity contribution is 0.950. The molecule has 0 atom stereocenters. The van der Waals surface area contributed by atoms with Crippen molar-refractivity contribution in [3.63, 3.8) is 0 Å². The van der Waals surface area contributed by atoms with Gasteiger partial charge in [0.1, 0.15) is 0 Å². The van der Waals surface area contributed by atoms with Crippen LogP contribution < -0.4 is 5.32 Å². The largest absolute Gasteiger partial charge is 0.388 e. The molecule has 0 amide bonds. The predicted molar refractivity (Wildman–Crippen MR) is 69.3 cm³/mol. The van der Waals surface area contributed by atoms with Crippen molar-refractivity contribution in [3.8, 4) is 0 Å². The summed E-state index contributed by atoms with van der Waals surface area (Å²) in [5.41, 5.74) is 4.10. The zero-order chi connectivity index (χ0) is 11.0. The van der Waals surface area contributed by atoms with Gasteiger partial charge in [0.15, 0.2) is 0 Å². The van der Waals surface area contributed by atoms with Gasteiger partial charge < -0.3 is 5.32 Å². The lowest BCUT2D eigenvalue weighted by Crippen LogP contribution is -2.10. The fourth-order valence-corrected chi connectivity index (χ4v) is 2.46. The summed E-state index contributed by atoms with van der Waals surface area (Å²) < 4.78 is 0. The van der Waals surface area contributed by atoms with Crippen LogP contribution in [0.3, 0.4) is 0 Å². The molecular weight excluding hydrogens is 194 g/mol. The van der Waals surface area contributed by atoms with Crippen LogP contribution in [0.25, 0.3) is 16.5 Å². The van der Waals surface area contributed by atoms with Gasteiger partial charge >= 0.3 is 0 Å².